The summed E-state index contributed by atoms with van der Waals surface area (Å²) in [5.41, 5.74) is 1.81. The van der Waals surface area contributed by atoms with E-state index in [1.54, 1.807) is 5.71 Å². The van der Waals surface area contributed by atoms with E-state index in [0.717, 1.165) is 0 Å². The highest BCUT2D eigenvalue weighted by atomic mass is 15.0. The molecule has 0 aromatic carbocycles. The lowest BCUT2D eigenvalue weighted by Gasteiger charge is -2.24. The van der Waals surface area contributed by atoms with Crippen molar-refractivity contribution in [3.05, 3.63) is 24.4 Å². The van der Waals surface area contributed by atoms with E-state index in [0.29, 0.717) is 0 Å². The Hall–Kier alpha value is -1.05. The van der Waals surface area contributed by atoms with E-state index < -0.39 is 0 Å². The lowest BCUT2D eigenvalue weighted by Crippen LogP contribution is -2.31. The molecule has 2 heteroatoms. The van der Waals surface area contributed by atoms with Crippen molar-refractivity contribution in [2.45, 2.75) is 66.2 Å². The number of allylic oxidation sites excluding steroid dienone is 3. The van der Waals surface area contributed by atoms with Gasteiger partial charge in [-0.1, -0.05) is 44.9 Å². The van der Waals surface area contributed by atoms with Crippen molar-refractivity contribution < 1.29 is 4.58 Å². The molecule has 1 rings (SSSR count). The van der Waals surface area contributed by atoms with Crippen LogP contribution in [0.25, 0.3) is 0 Å². The summed E-state index contributed by atoms with van der Waals surface area (Å²) in [6.45, 7) is 10.5. The van der Waals surface area contributed by atoms with Crippen LogP contribution < -0.4 is 0 Å². The molecule has 0 saturated carbocycles. The zero-order chi connectivity index (χ0) is 17.5. The van der Waals surface area contributed by atoms with Gasteiger partial charge in [0.1, 0.15) is 13.6 Å². The second-order valence-corrected chi connectivity index (χ2v) is 8.54. The van der Waals surface area contributed by atoms with Crippen LogP contribution in [0.15, 0.2) is 24.4 Å². The highest BCUT2D eigenvalue weighted by Gasteiger charge is 2.30. The molecule has 0 aromatic heterocycles. The highest BCUT2D eigenvalue weighted by molar-refractivity contribution is 5.87. The summed E-state index contributed by atoms with van der Waals surface area (Å²) in [6.07, 6.45) is 17.3. The first kappa shape index (κ1) is 20.0. The molecule has 0 aromatic rings. The molecule has 0 fully saturated rings. The van der Waals surface area contributed by atoms with E-state index in [4.69, 9.17) is 0 Å². The Morgan fingerprint density at radius 1 is 0.870 bits per heavy atom. The lowest BCUT2D eigenvalue weighted by atomic mass is 9.81. The Morgan fingerprint density at radius 3 is 2.13 bits per heavy atom. The van der Waals surface area contributed by atoms with Gasteiger partial charge in [0.15, 0.2) is 5.71 Å². The first-order chi connectivity index (χ1) is 10.6. The predicted octanol–water partition coefficient (Wildman–Crippen LogP) is 5.11. The molecule has 23 heavy (non-hydrogen) atoms. The maximum Gasteiger partial charge on any atom is 0.161 e. The minimum Gasteiger partial charge on any atom is -0.384 e. The maximum atomic E-state index is 2.53. The molecule has 1 aliphatic heterocycles. The molecule has 1 aliphatic rings. The zero-order valence-electron chi connectivity index (χ0n) is 16.7. The Balaban J connectivity index is 2.94. The quantitative estimate of drug-likeness (QED) is 0.504. The van der Waals surface area contributed by atoms with Gasteiger partial charge in [0.05, 0.1) is 5.41 Å². The summed E-state index contributed by atoms with van der Waals surface area (Å²) in [5.74, 6) is 0. The molecular formula is C21H39N2+. The Kier molecular flexibility index (Phi) is 7.57. The fourth-order valence-electron chi connectivity index (χ4n) is 3.23. The zero-order valence-corrected chi connectivity index (χ0v) is 16.7. The van der Waals surface area contributed by atoms with Gasteiger partial charge in [-0.2, -0.15) is 0 Å². The SMILES string of the molecule is CN(C)/C=C/C(C)(C)/C=C/C(C)(C)/C1=[N+](\C)CCCCCCC1. The van der Waals surface area contributed by atoms with Crippen molar-refractivity contribution in [2.24, 2.45) is 10.8 Å². The van der Waals surface area contributed by atoms with E-state index in [9.17, 15) is 0 Å². The average Bonchev–Trinajstić information content (AvgIpc) is 2.56. The van der Waals surface area contributed by atoms with Gasteiger partial charge in [0, 0.05) is 32.4 Å². The molecule has 0 N–H and O–H groups in total. The van der Waals surface area contributed by atoms with E-state index in [2.05, 4.69) is 82.7 Å². The minimum atomic E-state index is 0.0825. The lowest BCUT2D eigenvalue weighted by molar-refractivity contribution is -0.502. The van der Waals surface area contributed by atoms with Gasteiger partial charge in [-0.3, -0.25) is 0 Å². The second kappa shape index (κ2) is 8.70. The van der Waals surface area contributed by atoms with Gasteiger partial charge in [0.25, 0.3) is 0 Å². The van der Waals surface area contributed by atoms with Crippen molar-refractivity contribution in [1.29, 1.82) is 0 Å². The molecule has 132 valence electrons. The molecule has 0 unspecified atom stereocenters. The van der Waals surface area contributed by atoms with Crippen molar-refractivity contribution in [3.8, 4) is 0 Å². The standard InChI is InChI=1S/C21H39N2/c1-20(2,16-18-22(5)6)14-15-21(3,4)19-13-11-9-8-10-12-17-23(19)7/h14-16,18H,8-13,17H2,1-7H3/q+1/b15-14+,18-16+,23-19+. The van der Waals surface area contributed by atoms with Crippen LogP contribution in [0.4, 0.5) is 0 Å². The minimum absolute atomic E-state index is 0.0825. The van der Waals surface area contributed by atoms with Gasteiger partial charge in [-0.15, -0.1) is 0 Å². The van der Waals surface area contributed by atoms with E-state index in [1.807, 2.05) is 0 Å². The van der Waals surface area contributed by atoms with Crippen LogP contribution in [-0.2, 0) is 0 Å². The van der Waals surface area contributed by atoms with Gasteiger partial charge in [-0.05, 0) is 32.9 Å². The van der Waals surface area contributed by atoms with Gasteiger partial charge >= 0.3 is 0 Å². The maximum absolute atomic E-state index is 2.53. The monoisotopic (exact) mass is 319 g/mol. The number of hydrogen-bond donors (Lipinski definition) is 0. The third-order valence-corrected chi connectivity index (χ3v) is 4.84. The highest BCUT2D eigenvalue weighted by Crippen LogP contribution is 2.28. The molecule has 0 saturated heterocycles. The summed E-state index contributed by atoms with van der Waals surface area (Å²) in [5, 5.41) is 0. The van der Waals surface area contributed by atoms with E-state index in [1.165, 1.54) is 45.1 Å². The topological polar surface area (TPSA) is 6.25 Å². The predicted molar refractivity (Wildman–Crippen MR) is 103 cm³/mol. The molecule has 0 atom stereocenters. The van der Waals surface area contributed by atoms with E-state index in [-0.39, 0.29) is 10.8 Å². The Morgan fingerprint density at radius 2 is 1.48 bits per heavy atom. The molecule has 1 heterocycles. The van der Waals surface area contributed by atoms with Crippen molar-refractivity contribution in [3.63, 3.8) is 0 Å². The van der Waals surface area contributed by atoms with Crippen molar-refractivity contribution >= 4 is 5.71 Å². The summed E-state index contributed by atoms with van der Waals surface area (Å²) in [7, 11) is 6.43. The van der Waals surface area contributed by atoms with Gasteiger partial charge < -0.3 is 4.90 Å². The summed E-state index contributed by atoms with van der Waals surface area (Å²) in [6, 6.07) is 0. The Labute approximate surface area is 145 Å². The summed E-state index contributed by atoms with van der Waals surface area (Å²) >= 11 is 0. The van der Waals surface area contributed by atoms with Crippen LogP contribution in [0.1, 0.15) is 66.2 Å². The van der Waals surface area contributed by atoms with Gasteiger partial charge in [0.2, 0.25) is 0 Å². The average molecular weight is 320 g/mol. The fourth-order valence-corrected chi connectivity index (χ4v) is 3.23. The number of hydrogen-bond acceptors (Lipinski definition) is 1. The molecule has 2 nitrogen and oxygen atoms in total. The summed E-state index contributed by atoms with van der Waals surface area (Å²) in [4.78, 5) is 2.10. The normalized spacial score (nSPS) is 22.2. The molecule has 0 radical (unpaired) electrons. The van der Waals surface area contributed by atoms with Crippen LogP contribution in [0.2, 0.25) is 0 Å². The first-order valence-corrected chi connectivity index (χ1v) is 9.28. The van der Waals surface area contributed by atoms with Crippen molar-refractivity contribution in [2.75, 3.05) is 27.7 Å². The van der Waals surface area contributed by atoms with Gasteiger partial charge in [-0.25, -0.2) is 4.58 Å². The molecule has 0 amide bonds. The van der Waals surface area contributed by atoms with Crippen LogP contribution in [-0.4, -0.2) is 42.9 Å². The molecule has 0 aliphatic carbocycles. The third kappa shape index (κ3) is 7.37. The Bertz CT molecular complexity index is 450. The largest absolute Gasteiger partial charge is 0.384 e. The van der Waals surface area contributed by atoms with Crippen LogP contribution >= 0.6 is 0 Å². The number of rotatable bonds is 5. The molecule has 0 spiro atoms. The first-order valence-electron chi connectivity index (χ1n) is 9.28. The van der Waals surface area contributed by atoms with E-state index >= 15 is 0 Å². The van der Waals surface area contributed by atoms with Crippen LogP contribution in [0.5, 0.6) is 0 Å². The summed E-state index contributed by atoms with van der Waals surface area (Å²) < 4.78 is 2.53. The second-order valence-electron chi connectivity index (χ2n) is 8.54. The molecular weight excluding hydrogens is 280 g/mol. The number of nitrogens with zero attached hydrogens (tertiary/aromatic N) is 2. The fraction of sp³-hybridized carbons (Fsp3) is 0.762. The van der Waals surface area contributed by atoms with Crippen LogP contribution in [0, 0.1) is 10.8 Å². The van der Waals surface area contributed by atoms with Crippen molar-refractivity contribution in [1.82, 2.24) is 4.90 Å². The third-order valence-electron chi connectivity index (χ3n) is 4.84. The molecule has 0 bridgehead atoms. The smallest absolute Gasteiger partial charge is 0.161 e. The van der Waals surface area contributed by atoms with Crippen LogP contribution in [0.3, 0.4) is 0 Å².